The van der Waals surface area contributed by atoms with Gasteiger partial charge in [0.2, 0.25) is 5.91 Å². The first-order valence-corrected chi connectivity index (χ1v) is 7.67. The van der Waals surface area contributed by atoms with Gasteiger partial charge in [0, 0.05) is 25.6 Å². The summed E-state index contributed by atoms with van der Waals surface area (Å²) in [7, 11) is 0. The zero-order valence-electron chi connectivity index (χ0n) is 13.1. The number of fused-ring (bicyclic) bond motifs is 1. The van der Waals surface area contributed by atoms with E-state index in [-0.39, 0.29) is 30.9 Å². The fraction of sp³-hybridized carbons (Fsp3) is 0.500. The van der Waals surface area contributed by atoms with Crippen LogP contribution in [-0.2, 0) is 4.79 Å². The van der Waals surface area contributed by atoms with Crippen LogP contribution in [-0.4, -0.2) is 43.0 Å². The summed E-state index contributed by atoms with van der Waals surface area (Å²) in [5.74, 6) is 0.835. The normalized spacial score (nSPS) is 25.6. The largest absolute Gasteiger partial charge is 0.352 e. The minimum atomic E-state index is -0.665. The Bertz CT molecular complexity index is 595. The van der Waals surface area contributed by atoms with Crippen LogP contribution in [0.5, 0.6) is 0 Å². The summed E-state index contributed by atoms with van der Waals surface area (Å²) in [5, 5.41) is 5.83. The van der Waals surface area contributed by atoms with Gasteiger partial charge >= 0.3 is 6.03 Å². The number of benzene rings is 1. The fourth-order valence-electron chi connectivity index (χ4n) is 3.76. The maximum Gasteiger partial charge on any atom is 0.312 e. The van der Waals surface area contributed by atoms with Crippen molar-refractivity contribution in [2.75, 3.05) is 26.2 Å². The van der Waals surface area contributed by atoms with E-state index in [0.29, 0.717) is 11.8 Å². The smallest absolute Gasteiger partial charge is 0.312 e. The highest BCUT2D eigenvalue weighted by Gasteiger charge is 2.46. The van der Waals surface area contributed by atoms with Crippen molar-refractivity contribution in [2.24, 2.45) is 17.6 Å². The van der Waals surface area contributed by atoms with E-state index < -0.39 is 6.03 Å². The van der Waals surface area contributed by atoms with Crippen LogP contribution in [0.1, 0.15) is 17.2 Å². The topological polar surface area (TPSA) is 87.5 Å². The van der Waals surface area contributed by atoms with Crippen LogP contribution in [0.15, 0.2) is 24.3 Å². The summed E-state index contributed by atoms with van der Waals surface area (Å²) in [6, 6.07) is 7.62. The highest BCUT2D eigenvalue weighted by atomic mass is 35.5. The van der Waals surface area contributed by atoms with Gasteiger partial charge in [-0.25, -0.2) is 4.79 Å². The van der Waals surface area contributed by atoms with Crippen molar-refractivity contribution in [3.8, 4) is 0 Å². The summed E-state index contributed by atoms with van der Waals surface area (Å²) in [4.78, 5) is 25.3. The third kappa shape index (κ3) is 3.43. The predicted octanol–water partition coefficient (Wildman–Crippen LogP) is 0.804. The van der Waals surface area contributed by atoms with E-state index in [9.17, 15) is 9.59 Å². The van der Waals surface area contributed by atoms with E-state index in [2.05, 4.69) is 29.7 Å². The van der Waals surface area contributed by atoms with Crippen molar-refractivity contribution >= 4 is 24.3 Å². The Morgan fingerprint density at radius 1 is 1.35 bits per heavy atom. The predicted molar refractivity (Wildman–Crippen MR) is 90.3 cm³/mol. The Morgan fingerprint density at radius 2 is 2.09 bits per heavy atom. The number of aryl methyl sites for hydroxylation is 1. The molecule has 3 rings (SSSR count). The molecule has 7 heteroatoms. The van der Waals surface area contributed by atoms with E-state index in [1.807, 2.05) is 17.0 Å². The van der Waals surface area contributed by atoms with Crippen LogP contribution in [0.25, 0.3) is 0 Å². The summed E-state index contributed by atoms with van der Waals surface area (Å²) >= 11 is 0. The van der Waals surface area contributed by atoms with Crippen molar-refractivity contribution in [1.82, 2.24) is 15.5 Å². The number of halogens is 1. The van der Waals surface area contributed by atoms with Gasteiger partial charge in [-0.15, -0.1) is 12.4 Å². The number of carbonyl (C=O) groups excluding carboxylic acids is 2. The van der Waals surface area contributed by atoms with Gasteiger partial charge < -0.3 is 21.3 Å². The van der Waals surface area contributed by atoms with E-state index in [1.165, 1.54) is 11.1 Å². The number of hydrogen-bond acceptors (Lipinski definition) is 3. The Kier molecular flexibility index (Phi) is 5.49. The molecule has 6 nitrogen and oxygen atoms in total. The number of amides is 3. The lowest BCUT2D eigenvalue weighted by atomic mass is 9.87. The molecule has 2 fully saturated rings. The Labute approximate surface area is 142 Å². The molecule has 4 N–H and O–H groups in total. The first kappa shape index (κ1) is 17.6. The van der Waals surface area contributed by atoms with Crippen LogP contribution in [0.3, 0.4) is 0 Å². The van der Waals surface area contributed by atoms with Crippen LogP contribution in [0.2, 0.25) is 0 Å². The maximum atomic E-state index is 12.5. The molecule has 23 heavy (non-hydrogen) atoms. The number of rotatable bonds is 3. The molecule has 1 aromatic carbocycles. The molecular weight excluding hydrogens is 316 g/mol. The van der Waals surface area contributed by atoms with Crippen LogP contribution in [0.4, 0.5) is 4.79 Å². The van der Waals surface area contributed by atoms with Crippen LogP contribution in [0, 0.1) is 18.8 Å². The van der Waals surface area contributed by atoms with E-state index in [1.54, 1.807) is 0 Å². The Morgan fingerprint density at radius 3 is 2.78 bits per heavy atom. The molecule has 2 aliphatic heterocycles. The van der Waals surface area contributed by atoms with Crippen molar-refractivity contribution in [1.29, 1.82) is 0 Å². The lowest BCUT2D eigenvalue weighted by Crippen LogP contribution is -2.43. The summed E-state index contributed by atoms with van der Waals surface area (Å²) in [6.07, 6.45) is 0. The molecule has 2 heterocycles. The highest BCUT2D eigenvalue weighted by Crippen LogP contribution is 2.43. The number of nitrogens with two attached hydrogens (primary N) is 1. The van der Waals surface area contributed by atoms with Crippen molar-refractivity contribution in [3.05, 3.63) is 35.4 Å². The van der Waals surface area contributed by atoms with E-state index >= 15 is 0 Å². The van der Waals surface area contributed by atoms with E-state index in [4.69, 9.17) is 5.73 Å². The Hall–Kier alpha value is -1.79. The van der Waals surface area contributed by atoms with Crippen LogP contribution >= 0.6 is 12.4 Å². The lowest BCUT2D eigenvalue weighted by molar-refractivity contribution is -0.131. The highest BCUT2D eigenvalue weighted by molar-refractivity contribution is 5.85. The summed E-state index contributed by atoms with van der Waals surface area (Å²) in [5.41, 5.74) is 7.47. The van der Waals surface area contributed by atoms with E-state index in [0.717, 1.165) is 19.6 Å². The number of carbonyl (C=O) groups is 2. The monoisotopic (exact) mass is 338 g/mol. The summed E-state index contributed by atoms with van der Waals surface area (Å²) in [6.45, 7) is 4.65. The SMILES string of the molecule is Cc1ccccc1[C@@H]1[C@H]2CNC[C@H]2CN1C(=O)CNC(N)=O.Cl. The maximum absolute atomic E-state index is 12.5. The van der Waals surface area contributed by atoms with Gasteiger partial charge in [0.1, 0.15) is 0 Å². The third-order valence-corrected chi connectivity index (χ3v) is 4.81. The van der Waals surface area contributed by atoms with Crippen LogP contribution < -0.4 is 16.4 Å². The zero-order chi connectivity index (χ0) is 15.7. The fourth-order valence-corrected chi connectivity index (χ4v) is 3.76. The second-order valence-electron chi connectivity index (χ2n) is 6.15. The van der Waals surface area contributed by atoms with Gasteiger partial charge in [-0.3, -0.25) is 4.79 Å². The van der Waals surface area contributed by atoms with Gasteiger partial charge in [-0.05, 0) is 24.0 Å². The molecular formula is C16H23ClN4O2. The molecule has 0 aliphatic carbocycles. The minimum Gasteiger partial charge on any atom is -0.352 e. The van der Waals surface area contributed by atoms with Gasteiger partial charge in [0.25, 0.3) is 0 Å². The van der Waals surface area contributed by atoms with Gasteiger partial charge in [-0.1, -0.05) is 24.3 Å². The minimum absolute atomic E-state index is 0. The van der Waals surface area contributed by atoms with Gasteiger partial charge in [-0.2, -0.15) is 0 Å². The molecule has 2 saturated heterocycles. The standard InChI is InChI=1S/C16H22N4O2.ClH/c1-10-4-2-3-5-12(10)15-13-7-18-6-11(13)9-20(15)14(21)8-19-16(17)22;/h2-5,11,13,15,18H,6-9H2,1H3,(H3,17,19,22);1H/t11-,13-,15+;/m0./s1. The number of nitrogens with one attached hydrogen (secondary N) is 2. The number of nitrogens with zero attached hydrogens (tertiary/aromatic N) is 1. The Balaban J connectivity index is 0.00000192. The summed E-state index contributed by atoms with van der Waals surface area (Å²) < 4.78 is 0. The quantitative estimate of drug-likeness (QED) is 0.762. The molecule has 2 aliphatic rings. The third-order valence-electron chi connectivity index (χ3n) is 4.81. The lowest BCUT2D eigenvalue weighted by Gasteiger charge is -2.29. The number of hydrogen-bond donors (Lipinski definition) is 3. The molecule has 0 aromatic heterocycles. The molecule has 3 amide bonds. The first-order chi connectivity index (χ1) is 10.6. The van der Waals surface area contributed by atoms with Gasteiger partial charge in [0.05, 0.1) is 12.6 Å². The molecule has 3 atom stereocenters. The first-order valence-electron chi connectivity index (χ1n) is 7.67. The average Bonchev–Trinajstić information content (AvgIpc) is 3.06. The molecule has 1 aromatic rings. The molecule has 0 spiro atoms. The number of urea groups is 1. The molecule has 0 unspecified atom stereocenters. The van der Waals surface area contributed by atoms with Gasteiger partial charge in [0.15, 0.2) is 0 Å². The molecule has 0 saturated carbocycles. The number of likely N-dealkylation sites (tertiary alicyclic amines) is 1. The van der Waals surface area contributed by atoms with Crippen molar-refractivity contribution in [2.45, 2.75) is 13.0 Å². The molecule has 126 valence electrons. The van der Waals surface area contributed by atoms with Crippen molar-refractivity contribution in [3.63, 3.8) is 0 Å². The van der Waals surface area contributed by atoms with Crippen molar-refractivity contribution < 1.29 is 9.59 Å². The zero-order valence-corrected chi connectivity index (χ0v) is 13.9. The second kappa shape index (κ2) is 7.19. The second-order valence-corrected chi connectivity index (χ2v) is 6.15. The molecule has 0 bridgehead atoms. The molecule has 0 radical (unpaired) electrons. The number of primary amides is 1. The average molecular weight is 339 g/mol.